The minimum atomic E-state index is -0.406. The fourth-order valence-electron chi connectivity index (χ4n) is 3.95. The van der Waals surface area contributed by atoms with Crippen LogP contribution >= 0.6 is 12.2 Å². The first-order valence-corrected chi connectivity index (χ1v) is 10.8. The van der Waals surface area contributed by atoms with Gasteiger partial charge in [0.1, 0.15) is 17.6 Å². The van der Waals surface area contributed by atoms with Crippen molar-refractivity contribution in [2.45, 2.75) is 18.5 Å². The average Bonchev–Trinajstić information content (AvgIpc) is 3.39. The van der Waals surface area contributed by atoms with Gasteiger partial charge >= 0.3 is 0 Å². The lowest BCUT2D eigenvalue weighted by Gasteiger charge is -2.26. The van der Waals surface area contributed by atoms with Crippen molar-refractivity contribution in [3.8, 4) is 11.3 Å². The zero-order chi connectivity index (χ0) is 22.7. The lowest BCUT2D eigenvalue weighted by atomic mass is 10.0. The van der Waals surface area contributed by atoms with Crippen LogP contribution in [0.3, 0.4) is 0 Å². The third-order valence-corrected chi connectivity index (χ3v) is 5.81. The molecule has 1 fully saturated rings. The number of benzene rings is 1. The number of nitrogens with zero attached hydrogens (tertiary/aromatic N) is 4. The van der Waals surface area contributed by atoms with Crippen LogP contribution in [0, 0.1) is 10.1 Å². The van der Waals surface area contributed by atoms with Crippen molar-refractivity contribution in [1.29, 1.82) is 0 Å². The number of nitro benzene ring substituents is 1. The standard InChI is InChI=1S/C23H25N5O3S/c1-26(2)13-6-14-27-22(21(25-23(27)32)18-9-3-4-12-24-18)20-11-10-19(31-20)16-7-5-8-17(15-16)28(29)30/h3-5,7-12,15,21-22H,6,13-14H2,1-2H3,(H,25,32)/t21-,22+/m1/s1. The van der Waals surface area contributed by atoms with Crippen molar-refractivity contribution in [1.82, 2.24) is 20.1 Å². The zero-order valence-electron chi connectivity index (χ0n) is 18.0. The van der Waals surface area contributed by atoms with Crippen LogP contribution in [0.4, 0.5) is 5.69 Å². The Kier molecular flexibility index (Phi) is 6.48. The number of thiocarbonyl (C=S) groups is 1. The van der Waals surface area contributed by atoms with Gasteiger partial charge in [-0.3, -0.25) is 15.1 Å². The number of non-ortho nitro benzene ring substituents is 1. The van der Waals surface area contributed by atoms with E-state index in [0.717, 1.165) is 31.0 Å². The van der Waals surface area contributed by atoms with E-state index in [-0.39, 0.29) is 17.8 Å². The molecule has 1 N–H and O–H groups in total. The number of nitrogens with one attached hydrogen (secondary N) is 1. The molecule has 0 aliphatic carbocycles. The number of hydrogen-bond donors (Lipinski definition) is 1. The average molecular weight is 452 g/mol. The SMILES string of the molecule is CN(C)CCCN1C(=S)N[C@H](c2ccccn2)[C@@H]1c1ccc(-c2cccc([N+](=O)[O-])c2)o1. The van der Waals surface area contributed by atoms with Gasteiger partial charge in [0.15, 0.2) is 5.11 Å². The van der Waals surface area contributed by atoms with E-state index in [2.05, 4.69) is 20.1 Å². The number of pyridine rings is 1. The second kappa shape index (κ2) is 9.46. The fourth-order valence-corrected chi connectivity index (χ4v) is 4.28. The van der Waals surface area contributed by atoms with Gasteiger partial charge in [-0.25, -0.2) is 0 Å². The van der Waals surface area contributed by atoms with Crippen LogP contribution in [0.15, 0.2) is 65.2 Å². The van der Waals surface area contributed by atoms with Crippen LogP contribution in [0.25, 0.3) is 11.3 Å². The fraction of sp³-hybridized carbons (Fsp3) is 0.304. The highest BCUT2D eigenvalue weighted by atomic mass is 32.1. The Labute approximate surface area is 192 Å². The zero-order valence-corrected chi connectivity index (χ0v) is 18.8. The first-order valence-electron chi connectivity index (χ1n) is 10.4. The topological polar surface area (TPSA) is 87.7 Å². The lowest BCUT2D eigenvalue weighted by Crippen LogP contribution is -2.32. The van der Waals surface area contributed by atoms with Crippen LogP contribution < -0.4 is 5.32 Å². The van der Waals surface area contributed by atoms with Gasteiger partial charge in [-0.2, -0.15) is 0 Å². The molecule has 0 amide bonds. The molecular formula is C23H25N5O3S. The normalized spacial score (nSPS) is 18.2. The maximum atomic E-state index is 11.2. The Hall–Kier alpha value is -3.30. The van der Waals surface area contributed by atoms with E-state index in [1.165, 1.54) is 12.1 Å². The van der Waals surface area contributed by atoms with Gasteiger partial charge in [0.2, 0.25) is 0 Å². The van der Waals surface area contributed by atoms with E-state index in [1.807, 2.05) is 44.4 Å². The summed E-state index contributed by atoms with van der Waals surface area (Å²) < 4.78 is 6.24. The molecule has 32 heavy (non-hydrogen) atoms. The highest BCUT2D eigenvalue weighted by molar-refractivity contribution is 7.80. The molecule has 0 radical (unpaired) electrons. The van der Waals surface area contributed by atoms with Crippen molar-refractivity contribution >= 4 is 23.0 Å². The van der Waals surface area contributed by atoms with Gasteiger partial charge in [0.25, 0.3) is 5.69 Å². The van der Waals surface area contributed by atoms with Gasteiger partial charge in [-0.1, -0.05) is 18.2 Å². The maximum Gasteiger partial charge on any atom is 0.270 e. The molecule has 1 aliphatic heterocycles. The molecule has 0 bridgehead atoms. The molecule has 3 aromatic rings. The van der Waals surface area contributed by atoms with Crippen LogP contribution in [0.1, 0.15) is 30.0 Å². The van der Waals surface area contributed by atoms with Crippen molar-refractivity contribution in [3.05, 3.63) is 82.4 Å². The molecular weight excluding hydrogens is 426 g/mol. The van der Waals surface area contributed by atoms with Crippen molar-refractivity contribution in [3.63, 3.8) is 0 Å². The summed E-state index contributed by atoms with van der Waals surface area (Å²) in [5.74, 6) is 1.31. The number of rotatable bonds is 8. The van der Waals surface area contributed by atoms with Gasteiger partial charge in [-0.05, 0) is 63.5 Å². The third-order valence-electron chi connectivity index (χ3n) is 5.46. The predicted molar refractivity (Wildman–Crippen MR) is 126 cm³/mol. The molecule has 2 aromatic heterocycles. The van der Waals surface area contributed by atoms with E-state index >= 15 is 0 Å². The van der Waals surface area contributed by atoms with E-state index in [4.69, 9.17) is 16.6 Å². The third kappa shape index (κ3) is 4.63. The summed E-state index contributed by atoms with van der Waals surface area (Å²) in [5.41, 5.74) is 1.57. The summed E-state index contributed by atoms with van der Waals surface area (Å²) in [5, 5.41) is 15.2. The first-order chi connectivity index (χ1) is 15.4. The smallest absolute Gasteiger partial charge is 0.270 e. The van der Waals surface area contributed by atoms with Crippen molar-refractivity contribution < 1.29 is 9.34 Å². The van der Waals surface area contributed by atoms with E-state index in [1.54, 1.807) is 18.3 Å². The molecule has 9 heteroatoms. The molecule has 166 valence electrons. The molecule has 1 aromatic carbocycles. The molecule has 0 unspecified atom stereocenters. The molecule has 1 saturated heterocycles. The van der Waals surface area contributed by atoms with Crippen molar-refractivity contribution in [2.75, 3.05) is 27.2 Å². The predicted octanol–water partition coefficient (Wildman–Crippen LogP) is 4.17. The van der Waals surface area contributed by atoms with Gasteiger partial charge in [0, 0.05) is 30.4 Å². The molecule has 0 spiro atoms. The molecule has 3 heterocycles. The summed E-state index contributed by atoms with van der Waals surface area (Å²) in [6.07, 6.45) is 2.71. The van der Waals surface area contributed by atoms with Gasteiger partial charge in [0.05, 0.1) is 16.7 Å². The van der Waals surface area contributed by atoms with Crippen LogP contribution in [0.5, 0.6) is 0 Å². The second-order valence-corrected chi connectivity index (χ2v) is 8.37. The number of aromatic nitrogens is 1. The van der Waals surface area contributed by atoms with E-state index in [0.29, 0.717) is 16.4 Å². The Morgan fingerprint density at radius 1 is 1.22 bits per heavy atom. The minimum Gasteiger partial charge on any atom is -0.459 e. The Balaban J connectivity index is 1.67. The maximum absolute atomic E-state index is 11.2. The summed E-state index contributed by atoms with van der Waals surface area (Å²) >= 11 is 5.68. The van der Waals surface area contributed by atoms with Gasteiger partial charge in [-0.15, -0.1) is 0 Å². The van der Waals surface area contributed by atoms with Crippen LogP contribution in [-0.4, -0.2) is 52.0 Å². The second-order valence-electron chi connectivity index (χ2n) is 7.99. The highest BCUT2D eigenvalue weighted by Gasteiger charge is 2.41. The summed E-state index contributed by atoms with van der Waals surface area (Å²) in [6, 6.07) is 15.7. The highest BCUT2D eigenvalue weighted by Crippen LogP contribution is 2.40. The number of nitro groups is 1. The largest absolute Gasteiger partial charge is 0.459 e. The summed E-state index contributed by atoms with van der Waals surface area (Å²) in [6.45, 7) is 1.71. The molecule has 0 saturated carbocycles. The summed E-state index contributed by atoms with van der Waals surface area (Å²) in [4.78, 5) is 19.6. The van der Waals surface area contributed by atoms with E-state index in [9.17, 15) is 10.1 Å². The summed E-state index contributed by atoms with van der Waals surface area (Å²) in [7, 11) is 4.10. The van der Waals surface area contributed by atoms with Gasteiger partial charge < -0.3 is 19.5 Å². The Morgan fingerprint density at radius 2 is 2.06 bits per heavy atom. The minimum absolute atomic E-state index is 0.0286. The van der Waals surface area contributed by atoms with E-state index < -0.39 is 4.92 Å². The molecule has 2 atom stereocenters. The molecule has 4 rings (SSSR count). The molecule has 8 nitrogen and oxygen atoms in total. The lowest BCUT2D eigenvalue weighted by molar-refractivity contribution is -0.384. The van der Waals surface area contributed by atoms with Crippen molar-refractivity contribution in [2.24, 2.45) is 0 Å². The Bertz CT molecular complexity index is 1100. The Morgan fingerprint density at radius 3 is 2.78 bits per heavy atom. The van der Waals surface area contributed by atoms with Crippen LogP contribution in [-0.2, 0) is 0 Å². The quantitative estimate of drug-likeness (QED) is 0.310. The number of hydrogen-bond acceptors (Lipinski definition) is 6. The molecule has 1 aliphatic rings. The number of furan rings is 1. The monoisotopic (exact) mass is 451 g/mol. The first kappa shape index (κ1) is 21.9. The van der Waals surface area contributed by atoms with Crippen LogP contribution in [0.2, 0.25) is 0 Å².